The van der Waals surface area contributed by atoms with Gasteiger partial charge in [0.05, 0.1) is 5.41 Å². The summed E-state index contributed by atoms with van der Waals surface area (Å²) < 4.78 is 2.30. The predicted molar refractivity (Wildman–Crippen MR) is 133 cm³/mol. The maximum absolute atomic E-state index is 5.93. The summed E-state index contributed by atoms with van der Waals surface area (Å²) >= 11 is 0. The molecule has 3 heteroatoms. The molecule has 0 radical (unpaired) electrons. The number of benzene rings is 2. The van der Waals surface area contributed by atoms with E-state index in [4.69, 9.17) is 5.73 Å². The summed E-state index contributed by atoms with van der Waals surface area (Å²) in [4.78, 5) is 2.36. The lowest BCUT2D eigenvalue weighted by molar-refractivity contribution is -0.401. The van der Waals surface area contributed by atoms with E-state index in [0.717, 1.165) is 6.54 Å². The molecule has 160 valence electrons. The van der Waals surface area contributed by atoms with Crippen LogP contribution in [0.4, 0.5) is 11.4 Å². The van der Waals surface area contributed by atoms with Crippen LogP contribution >= 0.6 is 0 Å². The average Bonchev–Trinajstić information content (AvgIpc) is 3.08. The third kappa shape index (κ3) is 3.47. The Morgan fingerprint density at radius 1 is 0.871 bits per heavy atom. The first-order chi connectivity index (χ1) is 14.8. The number of hydrogen-bond acceptors (Lipinski definition) is 2. The van der Waals surface area contributed by atoms with Crippen molar-refractivity contribution >= 4 is 17.1 Å². The van der Waals surface area contributed by atoms with Gasteiger partial charge in [0.15, 0.2) is 5.71 Å². The van der Waals surface area contributed by atoms with Gasteiger partial charge in [-0.1, -0.05) is 68.5 Å². The van der Waals surface area contributed by atoms with E-state index >= 15 is 0 Å². The van der Waals surface area contributed by atoms with E-state index in [0.29, 0.717) is 6.54 Å². The highest BCUT2D eigenvalue weighted by molar-refractivity contribution is 6.03. The number of nitrogens with two attached hydrogens (primary N) is 1. The molecule has 0 fully saturated rings. The fourth-order valence-electron chi connectivity index (χ4n) is 5.17. The lowest BCUT2D eigenvalue weighted by Gasteiger charge is -2.26. The van der Waals surface area contributed by atoms with E-state index < -0.39 is 0 Å². The highest BCUT2D eigenvalue weighted by Crippen LogP contribution is 2.47. The van der Waals surface area contributed by atoms with Crippen molar-refractivity contribution in [2.45, 2.75) is 38.5 Å². The van der Waals surface area contributed by atoms with Gasteiger partial charge in [0.25, 0.3) is 0 Å². The van der Waals surface area contributed by atoms with Crippen LogP contribution in [0.15, 0.2) is 84.6 Å². The summed E-state index contributed by atoms with van der Waals surface area (Å²) in [6.45, 7) is 10.6. The molecule has 4 rings (SSSR count). The van der Waals surface area contributed by atoms with Crippen LogP contribution in [0.2, 0.25) is 0 Å². The van der Waals surface area contributed by atoms with Gasteiger partial charge in [-0.3, -0.25) is 0 Å². The molecule has 0 aliphatic carbocycles. The van der Waals surface area contributed by atoms with Gasteiger partial charge < -0.3 is 10.6 Å². The van der Waals surface area contributed by atoms with Crippen LogP contribution in [0.25, 0.3) is 0 Å². The SMILES string of the molecule is C[N+]1=C(/C=C/C=C/C=C2/N(CCN)c3ccccc3C2(C)C)C(C)(C)c2ccccc21. The third-order valence-electron chi connectivity index (χ3n) is 6.82. The molecule has 2 aromatic carbocycles. The number of nitrogens with zero attached hydrogens (tertiary/aromatic N) is 2. The first-order valence-electron chi connectivity index (χ1n) is 11.1. The minimum Gasteiger partial charge on any atom is -0.343 e. The first-order valence-corrected chi connectivity index (χ1v) is 11.1. The Morgan fingerprint density at radius 3 is 2.26 bits per heavy atom. The molecule has 2 N–H and O–H groups in total. The second-order valence-electron chi connectivity index (χ2n) is 9.46. The topological polar surface area (TPSA) is 32.3 Å². The Hall–Kier alpha value is -2.91. The van der Waals surface area contributed by atoms with E-state index in [2.05, 4.69) is 123 Å². The van der Waals surface area contributed by atoms with Crippen molar-refractivity contribution in [3.05, 3.63) is 95.7 Å². The van der Waals surface area contributed by atoms with Crippen molar-refractivity contribution in [2.75, 3.05) is 25.0 Å². The normalized spacial score (nSPS) is 20.3. The Morgan fingerprint density at radius 2 is 1.55 bits per heavy atom. The maximum Gasteiger partial charge on any atom is 0.209 e. The molecule has 2 aliphatic heterocycles. The average molecular weight is 413 g/mol. The molecular formula is C28H34N3+. The molecule has 2 aromatic rings. The lowest BCUT2D eigenvalue weighted by Crippen LogP contribution is -2.30. The van der Waals surface area contributed by atoms with Gasteiger partial charge in [0.2, 0.25) is 5.69 Å². The predicted octanol–water partition coefficient (Wildman–Crippen LogP) is 5.45. The van der Waals surface area contributed by atoms with Gasteiger partial charge in [-0.15, -0.1) is 0 Å². The van der Waals surface area contributed by atoms with Crippen LogP contribution in [-0.4, -0.2) is 30.4 Å². The van der Waals surface area contributed by atoms with Crippen LogP contribution in [0, 0.1) is 0 Å². The van der Waals surface area contributed by atoms with E-state index in [1.165, 1.54) is 33.9 Å². The van der Waals surface area contributed by atoms with E-state index in [1.54, 1.807) is 0 Å². The van der Waals surface area contributed by atoms with Crippen molar-refractivity contribution < 1.29 is 4.58 Å². The minimum atomic E-state index is -0.0378. The molecule has 0 bridgehead atoms. The van der Waals surface area contributed by atoms with Crippen molar-refractivity contribution in [3.63, 3.8) is 0 Å². The van der Waals surface area contributed by atoms with Gasteiger partial charge in [-0.2, -0.15) is 4.58 Å². The molecule has 0 atom stereocenters. The Bertz CT molecular complexity index is 1110. The summed E-state index contributed by atoms with van der Waals surface area (Å²) in [6, 6.07) is 17.3. The number of fused-ring (bicyclic) bond motifs is 2. The molecule has 2 aliphatic rings. The van der Waals surface area contributed by atoms with Crippen LogP contribution < -0.4 is 10.6 Å². The third-order valence-corrected chi connectivity index (χ3v) is 6.82. The van der Waals surface area contributed by atoms with Crippen molar-refractivity contribution in [3.8, 4) is 0 Å². The summed E-state index contributed by atoms with van der Waals surface area (Å²) in [6.07, 6.45) is 10.9. The van der Waals surface area contributed by atoms with E-state index in [1.807, 2.05) is 0 Å². The Kier molecular flexibility index (Phi) is 5.49. The smallest absolute Gasteiger partial charge is 0.209 e. The lowest BCUT2D eigenvalue weighted by atomic mass is 9.81. The van der Waals surface area contributed by atoms with Crippen LogP contribution in [0.1, 0.15) is 38.8 Å². The standard InChI is InChI=1S/C28H34N3/c1-27(2)21-13-9-11-15-23(21)30(5)25(27)17-7-6-8-18-26-28(3,4)22-14-10-12-16-24(22)31(26)20-19-29/h6-18H,19-20,29H2,1-5H3/q+1. The molecule has 0 amide bonds. The molecule has 3 nitrogen and oxygen atoms in total. The molecule has 0 saturated heterocycles. The molecule has 2 heterocycles. The van der Waals surface area contributed by atoms with Crippen molar-refractivity contribution in [1.29, 1.82) is 0 Å². The molecule has 31 heavy (non-hydrogen) atoms. The van der Waals surface area contributed by atoms with Gasteiger partial charge in [-0.05, 0) is 31.6 Å². The summed E-state index contributed by atoms with van der Waals surface area (Å²) in [5.74, 6) is 0. The number of anilines is 1. The van der Waals surface area contributed by atoms with Gasteiger partial charge in [-0.25, -0.2) is 0 Å². The molecule has 0 spiro atoms. The Balaban J connectivity index is 1.59. The minimum absolute atomic E-state index is 0.00115. The second kappa shape index (κ2) is 7.97. The molecule has 0 saturated carbocycles. The van der Waals surface area contributed by atoms with Gasteiger partial charge in [0, 0.05) is 47.6 Å². The fraction of sp³-hybridized carbons (Fsp3) is 0.321. The first kappa shape index (κ1) is 21.3. The van der Waals surface area contributed by atoms with E-state index in [-0.39, 0.29) is 10.8 Å². The highest BCUT2D eigenvalue weighted by atomic mass is 15.2. The van der Waals surface area contributed by atoms with Crippen LogP contribution in [0.3, 0.4) is 0 Å². The largest absolute Gasteiger partial charge is 0.343 e. The maximum atomic E-state index is 5.93. The number of para-hydroxylation sites is 2. The second-order valence-corrected chi connectivity index (χ2v) is 9.46. The summed E-state index contributed by atoms with van der Waals surface area (Å²) in [5.41, 5.74) is 13.8. The number of allylic oxidation sites excluding steroid dienone is 6. The number of hydrogen-bond donors (Lipinski definition) is 1. The summed E-state index contributed by atoms with van der Waals surface area (Å²) in [5, 5.41) is 0. The fourth-order valence-corrected chi connectivity index (χ4v) is 5.17. The molecule has 0 aromatic heterocycles. The highest BCUT2D eigenvalue weighted by Gasteiger charge is 2.42. The van der Waals surface area contributed by atoms with Crippen molar-refractivity contribution in [2.24, 2.45) is 5.73 Å². The molecule has 0 unspecified atom stereocenters. The zero-order valence-corrected chi connectivity index (χ0v) is 19.4. The Labute approximate surface area is 186 Å². The monoisotopic (exact) mass is 412 g/mol. The molecular weight excluding hydrogens is 378 g/mol. The zero-order chi connectivity index (χ0) is 22.2. The quantitative estimate of drug-likeness (QED) is 0.523. The number of rotatable bonds is 5. The van der Waals surface area contributed by atoms with Crippen LogP contribution in [0.5, 0.6) is 0 Å². The van der Waals surface area contributed by atoms with Crippen LogP contribution in [-0.2, 0) is 10.8 Å². The van der Waals surface area contributed by atoms with E-state index in [9.17, 15) is 0 Å². The van der Waals surface area contributed by atoms with Crippen molar-refractivity contribution in [1.82, 2.24) is 0 Å². The zero-order valence-electron chi connectivity index (χ0n) is 19.4. The van der Waals surface area contributed by atoms with Gasteiger partial charge >= 0.3 is 0 Å². The van der Waals surface area contributed by atoms with Gasteiger partial charge in [0.1, 0.15) is 7.05 Å². The summed E-state index contributed by atoms with van der Waals surface area (Å²) in [7, 11) is 2.15.